The van der Waals surface area contributed by atoms with Gasteiger partial charge in [-0.25, -0.2) is 0 Å². The summed E-state index contributed by atoms with van der Waals surface area (Å²) in [7, 11) is 0. The highest BCUT2D eigenvalue weighted by atomic mass is 35.5. The van der Waals surface area contributed by atoms with Gasteiger partial charge in [-0.1, -0.05) is 30.7 Å². The number of halogens is 1. The number of para-hydroxylation sites is 1. The van der Waals surface area contributed by atoms with Crippen LogP contribution in [0.2, 0.25) is 5.02 Å². The molecule has 1 aromatic carbocycles. The molecule has 2 nitrogen and oxygen atoms in total. The molecule has 0 atom stereocenters. The fourth-order valence-corrected chi connectivity index (χ4v) is 1.90. The Bertz CT molecular complexity index is 555. The second kappa shape index (κ2) is 3.88. The zero-order valence-corrected chi connectivity index (χ0v) is 9.04. The molecule has 0 saturated heterocycles. The summed E-state index contributed by atoms with van der Waals surface area (Å²) in [6.45, 7) is 2.03. The molecule has 0 aliphatic carbocycles. The maximum Gasteiger partial charge on any atom is 0.101 e. The molecular formula is C12H9ClN2. The number of nitriles is 1. The Balaban J connectivity index is 2.86. The summed E-state index contributed by atoms with van der Waals surface area (Å²) in [4.78, 5) is 4.28. The van der Waals surface area contributed by atoms with Crippen LogP contribution in [0.15, 0.2) is 24.4 Å². The summed E-state index contributed by atoms with van der Waals surface area (Å²) in [6, 6.07) is 7.58. The van der Waals surface area contributed by atoms with Crippen molar-refractivity contribution in [1.29, 1.82) is 5.26 Å². The van der Waals surface area contributed by atoms with E-state index in [1.54, 1.807) is 12.3 Å². The molecule has 0 fully saturated rings. The Hall–Kier alpha value is -1.59. The zero-order chi connectivity index (χ0) is 10.8. The van der Waals surface area contributed by atoms with Crippen molar-refractivity contribution in [3.8, 4) is 6.07 Å². The zero-order valence-electron chi connectivity index (χ0n) is 8.29. The molecule has 0 N–H and O–H groups in total. The summed E-state index contributed by atoms with van der Waals surface area (Å²) in [5, 5.41) is 10.5. The van der Waals surface area contributed by atoms with E-state index in [1.165, 1.54) is 0 Å². The van der Waals surface area contributed by atoms with Crippen molar-refractivity contribution in [2.45, 2.75) is 13.3 Å². The molecule has 2 rings (SSSR count). The maximum absolute atomic E-state index is 8.92. The molecule has 0 amide bonds. The van der Waals surface area contributed by atoms with Crippen molar-refractivity contribution in [2.75, 3.05) is 0 Å². The summed E-state index contributed by atoms with van der Waals surface area (Å²) >= 11 is 6.22. The van der Waals surface area contributed by atoms with E-state index in [0.717, 1.165) is 17.4 Å². The average Bonchev–Trinajstić information content (AvgIpc) is 2.29. The third-order valence-electron chi connectivity index (χ3n) is 2.41. The Kier molecular flexibility index (Phi) is 2.57. The topological polar surface area (TPSA) is 36.7 Å². The predicted octanol–water partition coefficient (Wildman–Crippen LogP) is 3.32. The summed E-state index contributed by atoms with van der Waals surface area (Å²) in [5.41, 5.74) is 2.26. The number of hydrogen-bond acceptors (Lipinski definition) is 2. The van der Waals surface area contributed by atoms with Gasteiger partial charge in [-0.15, -0.1) is 0 Å². The number of aromatic nitrogens is 1. The number of benzene rings is 1. The molecule has 3 heteroatoms. The van der Waals surface area contributed by atoms with Gasteiger partial charge >= 0.3 is 0 Å². The lowest BCUT2D eigenvalue weighted by atomic mass is 10.1. The van der Waals surface area contributed by atoms with Crippen LogP contribution in [0.1, 0.15) is 18.1 Å². The normalized spacial score (nSPS) is 10.2. The van der Waals surface area contributed by atoms with Crippen molar-refractivity contribution in [3.63, 3.8) is 0 Å². The first-order valence-electron chi connectivity index (χ1n) is 4.74. The summed E-state index contributed by atoms with van der Waals surface area (Å²) in [5.74, 6) is 0. The second-order valence-corrected chi connectivity index (χ2v) is 3.64. The molecule has 1 aromatic heterocycles. The Morgan fingerprint density at radius 1 is 1.47 bits per heavy atom. The Labute approximate surface area is 93.1 Å². The molecular weight excluding hydrogens is 208 g/mol. The first-order valence-corrected chi connectivity index (χ1v) is 5.12. The number of hydrogen-bond donors (Lipinski definition) is 0. The minimum atomic E-state index is 0.567. The predicted molar refractivity (Wildman–Crippen MR) is 60.8 cm³/mol. The second-order valence-electron chi connectivity index (χ2n) is 3.26. The van der Waals surface area contributed by atoms with E-state index in [0.29, 0.717) is 16.1 Å². The molecule has 0 spiro atoms. The van der Waals surface area contributed by atoms with Crippen LogP contribution in [0.3, 0.4) is 0 Å². The van der Waals surface area contributed by atoms with E-state index in [2.05, 4.69) is 11.1 Å². The van der Waals surface area contributed by atoms with Crippen molar-refractivity contribution >= 4 is 22.5 Å². The number of nitrogens with zero attached hydrogens (tertiary/aromatic N) is 2. The smallest absolute Gasteiger partial charge is 0.101 e. The molecule has 0 unspecified atom stereocenters. The molecule has 2 aromatic rings. The lowest BCUT2D eigenvalue weighted by Gasteiger charge is -2.05. The van der Waals surface area contributed by atoms with Gasteiger partial charge in [0.1, 0.15) is 6.07 Å². The van der Waals surface area contributed by atoms with Gasteiger partial charge in [-0.2, -0.15) is 5.26 Å². The molecule has 0 bridgehead atoms. The van der Waals surface area contributed by atoms with E-state index in [4.69, 9.17) is 16.9 Å². The summed E-state index contributed by atoms with van der Waals surface area (Å²) < 4.78 is 0. The molecule has 0 radical (unpaired) electrons. The quantitative estimate of drug-likeness (QED) is 0.733. The van der Waals surface area contributed by atoms with Crippen LogP contribution in [-0.4, -0.2) is 4.98 Å². The van der Waals surface area contributed by atoms with Gasteiger partial charge in [0.05, 0.1) is 16.1 Å². The number of rotatable bonds is 1. The Morgan fingerprint density at radius 2 is 2.27 bits per heavy atom. The molecule has 74 valence electrons. The van der Waals surface area contributed by atoms with Gasteiger partial charge < -0.3 is 0 Å². The number of aryl methyl sites for hydroxylation is 1. The highest BCUT2D eigenvalue weighted by Crippen LogP contribution is 2.27. The van der Waals surface area contributed by atoms with Crippen LogP contribution >= 0.6 is 11.6 Å². The molecule has 0 aliphatic heterocycles. The lowest BCUT2D eigenvalue weighted by molar-refractivity contribution is 1.12. The van der Waals surface area contributed by atoms with Gasteiger partial charge in [-0.3, -0.25) is 4.98 Å². The first-order chi connectivity index (χ1) is 7.27. The van der Waals surface area contributed by atoms with Crippen LogP contribution in [0.4, 0.5) is 0 Å². The first kappa shape index (κ1) is 9.95. The van der Waals surface area contributed by atoms with Crippen LogP contribution in [0, 0.1) is 11.3 Å². The van der Waals surface area contributed by atoms with Crippen molar-refractivity contribution in [1.82, 2.24) is 4.98 Å². The number of fused-ring (bicyclic) bond motifs is 1. The van der Waals surface area contributed by atoms with Crippen LogP contribution in [0.25, 0.3) is 10.9 Å². The highest BCUT2D eigenvalue weighted by Gasteiger charge is 2.07. The van der Waals surface area contributed by atoms with Crippen molar-refractivity contribution in [2.24, 2.45) is 0 Å². The molecule has 0 aliphatic rings. The summed E-state index contributed by atoms with van der Waals surface area (Å²) in [6.07, 6.45) is 2.59. The van der Waals surface area contributed by atoms with E-state index < -0.39 is 0 Å². The van der Waals surface area contributed by atoms with Gasteiger partial charge in [0.2, 0.25) is 0 Å². The SMILES string of the molecule is CCc1cnc2c(C#N)cccc2c1Cl. The minimum absolute atomic E-state index is 0.567. The van der Waals surface area contributed by atoms with E-state index in [-0.39, 0.29) is 0 Å². The monoisotopic (exact) mass is 216 g/mol. The van der Waals surface area contributed by atoms with Crippen LogP contribution < -0.4 is 0 Å². The average molecular weight is 217 g/mol. The standard InChI is InChI=1S/C12H9ClN2/c1-2-8-7-15-12-9(6-14)4-3-5-10(12)11(8)13/h3-5,7H,2H2,1H3. The molecule has 1 heterocycles. The van der Waals surface area contributed by atoms with Gasteiger partial charge in [0, 0.05) is 11.6 Å². The minimum Gasteiger partial charge on any atom is -0.254 e. The number of pyridine rings is 1. The van der Waals surface area contributed by atoms with Gasteiger partial charge in [0.25, 0.3) is 0 Å². The third kappa shape index (κ3) is 1.55. The molecule has 15 heavy (non-hydrogen) atoms. The van der Waals surface area contributed by atoms with Crippen molar-refractivity contribution in [3.05, 3.63) is 40.5 Å². The lowest BCUT2D eigenvalue weighted by Crippen LogP contribution is -1.90. The Morgan fingerprint density at radius 3 is 2.93 bits per heavy atom. The highest BCUT2D eigenvalue weighted by molar-refractivity contribution is 6.36. The molecule has 0 saturated carbocycles. The third-order valence-corrected chi connectivity index (χ3v) is 2.85. The maximum atomic E-state index is 8.92. The van der Waals surface area contributed by atoms with Gasteiger partial charge in [0.15, 0.2) is 0 Å². The fourth-order valence-electron chi connectivity index (χ4n) is 1.57. The van der Waals surface area contributed by atoms with E-state index in [9.17, 15) is 0 Å². The van der Waals surface area contributed by atoms with E-state index >= 15 is 0 Å². The fraction of sp³-hybridized carbons (Fsp3) is 0.167. The van der Waals surface area contributed by atoms with Gasteiger partial charge in [-0.05, 0) is 18.1 Å². The largest absolute Gasteiger partial charge is 0.254 e. The van der Waals surface area contributed by atoms with E-state index in [1.807, 2.05) is 19.1 Å². The van der Waals surface area contributed by atoms with Crippen molar-refractivity contribution < 1.29 is 0 Å². The van der Waals surface area contributed by atoms with Crippen LogP contribution in [0.5, 0.6) is 0 Å². The van der Waals surface area contributed by atoms with Crippen LogP contribution in [-0.2, 0) is 6.42 Å².